The van der Waals surface area contributed by atoms with Crippen LogP contribution in [0.4, 0.5) is 0 Å². The molecule has 0 aromatic heterocycles. The minimum Gasteiger partial charge on any atom is -0.388 e. The maximum Gasteiger partial charge on any atom is 0.0790 e. The molecule has 0 aliphatic carbocycles. The van der Waals surface area contributed by atoms with Crippen molar-refractivity contribution in [2.24, 2.45) is 0 Å². The first kappa shape index (κ1) is 12.3. The average Bonchev–Trinajstić information content (AvgIpc) is 2.30. The molecule has 0 saturated carbocycles. The van der Waals surface area contributed by atoms with Crippen molar-refractivity contribution in [3.05, 3.63) is 35.9 Å². The number of aliphatic hydroxyl groups excluding tert-OH is 1. The zero-order chi connectivity index (χ0) is 10.9. The Morgan fingerprint density at radius 3 is 2.33 bits per heavy atom. The quantitative estimate of drug-likeness (QED) is 0.666. The molecular formula is C14H22O. The molecule has 0 aliphatic rings. The minimum absolute atomic E-state index is 0.271. The van der Waals surface area contributed by atoms with Crippen LogP contribution >= 0.6 is 0 Å². The van der Waals surface area contributed by atoms with Gasteiger partial charge >= 0.3 is 0 Å². The smallest absolute Gasteiger partial charge is 0.0790 e. The summed E-state index contributed by atoms with van der Waals surface area (Å²) in [6.45, 7) is 2.22. The Labute approximate surface area is 93.1 Å². The lowest BCUT2D eigenvalue weighted by molar-refractivity contribution is 0.163. The topological polar surface area (TPSA) is 20.2 Å². The highest BCUT2D eigenvalue weighted by Crippen LogP contribution is 2.19. The van der Waals surface area contributed by atoms with Crippen molar-refractivity contribution in [1.29, 1.82) is 0 Å². The molecule has 15 heavy (non-hydrogen) atoms. The molecule has 1 atom stereocenters. The van der Waals surface area contributed by atoms with Gasteiger partial charge in [0.1, 0.15) is 0 Å². The Hall–Kier alpha value is -0.820. The lowest BCUT2D eigenvalue weighted by Crippen LogP contribution is -1.96. The van der Waals surface area contributed by atoms with E-state index in [2.05, 4.69) is 6.92 Å². The van der Waals surface area contributed by atoms with Gasteiger partial charge < -0.3 is 5.11 Å². The first-order valence-electron chi connectivity index (χ1n) is 6.07. The third-order valence-electron chi connectivity index (χ3n) is 2.77. The number of aliphatic hydroxyl groups is 1. The highest BCUT2D eigenvalue weighted by atomic mass is 16.3. The van der Waals surface area contributed by atoms with Gasteiger partial charge in [-0.15, -0.1) is 0 Å². The normalized spacial score (nSPS) is 12.7. The largest absolute Gasteiger partial charge is 0.388 e. The van der Waals surface area contributed by atoms with Crippen LogP contribution in [0.5, 0.6) is 0 Å². The van der Waals surface area contributed by atoms with Gasteiger partial charge in [-0.3, -0.25) is 0 Å². The van der Waals surface area contributed by atoms with E-state index in [4.69, 9.17) is 0 Å². The van der Waals surface area contributed by atoms with Crippen molar-refractivity contribution >= 4 is 0 Å². The average molecular weight is 206 g/mol. The second-order valence-corrected chi connectivity index (χ2v) is 4.13. The molecule has 0 amide bonds. The Bertz CT molecular complexity index is 243. The highest BCUT2D eigenvalue weighted by Gasteiger charge is 2.05. The standard InChI is InChI=1S/C14H22O/c1-2-3-4-5-9-12-14(15)13-10-7-6-8-11-13/h6-8,10-11,14-15H,2-5,9,12H2,1H3/t14-/m0/s1. The molecule has 1 nitrogen and oxygen atoms in total. The maximum absolute atomic E-state index is 9.88. The van der Waals surface area contributed by atoms with Crippen LogP contribution in [-0.2, 0) is 0 Å². The fourth-order valence-electron chi connectivity index (χ4n) is 1.78. The van der Waals surface area contributed by atoms with Crippen molar-refractivity contribution in [1.82, 2.24) is 0 Å². The van der Waals surface area contributed by atoms with Crippen LogP contribution in [0.15, 0.2) is 30.3 Å². The summed E-state index contributed by atoms with van der Waals surface area (Å²) in [5.74, 6) is 0. The second-order valence-electron chi connectivity index (χ2n) is 4.13. The summed E-state index contributed by atoms with van der Waals surface area (Å²) in [5.41, 5.74) is 1.05. The zero-order valence-electron chi connectivity index (χ0n) is 9.65. The molecule has 1 heteroatoms. The molecule has 0 radical (unpaired) electrons. The fraction of sp³-hybridized carbons (Fsp3) is 0.571. The summed E-state index contributed by atoms with van der Waals surface area (Å²) in [6.07, 6.45) is 6.91. The van der Waals surface area contributed by atoms with Crippen molar-refractivity contribution in [3.63, 3.8) is 0 Å². The van der Waals surface area contributed by atoms with Gasteiger partial charge in [-0.1, -0.05) is 69.4 Å². The maximum atomic E-state index is 9.88. The van der Waals surface area contributed by atoms with E-state index >= 15 is 0 Å². The molecule has 84 valence electrons. The van der Waals surface area contributed by atoms with E-state index in [0.717, 1.165) is 18.4 Å². The SMILES string of the molecule is CCCCCCC[C@H](O)c1ccccc1. The molecule has 0 unspecified atom stereocenters. The van der Waals surface area contributed by atoms with Crippen LogP contribution in [0.1, 0.15) is 57.1 Å². The van der Waals surface area contributed by atoms with Crippen molar-refractivity contribution in [2.75, 3.05) is 0 Å². The number of hydrogen-bond donors (Lipinski definition) is 1. The van der Waals surface area contributed by atoms with Gasteiger partial charge in [0.15, 0.2) is 0 Å². The molecule has 0 spiro atoms. The van der Waals surface area contributed by atoms with E-state index in [1.807, 2.05) is 30.3 Å². The Balaban J connectivity index is 2.16. The third-order valence-corrected chi connectivity index (χ3v) is 2.77. The van der Waals surface area contributed by atoms with Crippen LogP contribution in [-0.4, -0.2) is 5.11 Å². The number of benzene rings is 1. The van der Waals surface area contributed by atoms with Crippen molar-refractivity contribution < 1.29 is 5.11 Å². The van der Waals surface area contributed by atoms with E-state index in [1.165, 1.54) is 25.7 Å². The zero-order valence-corrected chi connectivity index (χ0v) is 9.65. The summed E-state index contributed by atoms with van der Waals surface area (Å²) >= 11 is 0. The molecule has 0 bridgehead atoms. The molecule has 1 N–H and O–H groups in total. The highest BCUT2D eigenvalue weighted by molar-refractivity contribution is 5.16. The predicted octanol–water partition coefficient (Wildman–Crippen LogP) is 4.08. The lowest BCUT2D eigenvalue weighted by atomic mass is 10.0. The molecule has 0 aliphatic heterocycles. The van der Waals surface area contributed by atoms with Gasteiger partial charge in [0.2, 0.25) is 0 Å². The number of rotatable bonds is 7. The van der Waals surface area contributed by atoms with Crippen LogP contribution in [0, 0.1) is 0 Å². The van der Waals surface area contributed by atoms with Gasteiger partial charge in [-0.2, -0.15) is 0 Å². The summed E-state index contributed by atoms with van der Waals surface area (Å²) in [5, 5.41) is 9.88. The lowest BCUT2D eigenvalue weighted by Gasteiger charge is -2.10. The van der Waals surface area contributed by atoms with Crippen molar-refractivity contribution in [2.45, 2.75) is 51.6 Å². The minimum atomic E-state index is -0.271. The van der Waals surface area contributed by atoms with Crippen LogP contribution in [0.25, 0.3) is 0 Å². The van der Waals surface area contributed by atoms with Crippen LogP contribution in [0.2, 0.25) is 0 Å². The number of unbranched alkanes of at least 4 members (excludes halogenated alkanes) is 4. The molecule has 1 rings (SSSR count). The van der Waals surface area contributed by atoms with Crippen molar-refractivity contribution in [3.8, 4) is 0 Å². The third kappa shape index (κ3) is 4.98. The Morgan fingerprint density at radius 2 is 1.67 bits per heavy atom. The van der Waals surface area contributed by atoms with Crippen LogP contribution < -0.4 is 0 Å². The fourth-order valence-corrected chi connectivity index (χ4v) is 1.78. The summed E-state index contributed by atoms with van der Waals surface area (Å²) < 4.78 is 0. The molecular weight excluding hydrogens is 184 g/mol. The molecule has 1 aromatic carbocycles. The second kappa shape index (κ2) is 7.47. The molecule has 0 fully saturated rings. The van der Waals surface area contributed by atoms with E-state index < -0.39 is 0 Å². The predicted molar refractivity (Wildman–Crippen MR) is 64.8 cm³/mol. The van der Waals surface area contributed by atoms with Gasteiger partial charge in [0, 0.05) is 0 Å². The molecule has 1 aromatic rings. The van der Waals surface area contributed by atoms with Gasteiger partial charge in [0.05, 0.1) is 6.10 Å². The van der Waals surface area contributed by atoms with Crippen LogP contribution in [0.3, 0.4) is 0 Å². The first-order chi connectivity index (χ1) is 7.34. The van der Waals surface area contributed by atoms with Gasteiger partial charge in [-0.25, -0.2) is 0 Å². The van der Waals surface area contributed by atoms with E-state index in [1.54, 1.807) is 0 Å². The number of hydrogen-bond acceptors (Lipinski definition) is 1. The molecule has 0 heterocycles. The molecule has 0 saturated heterocycles. The Kier molecular flexibility index (Phi) is 6.10. The first-order valence-corrected chi connectivity index (χ1v) is 6.07. The summed E-state index contributed by atoms with van der Waals surface area (Å²) in [4.78, 5) is 0. The Morgan fingerprint density at radius 1 is 1.00 bits per heavy atom. The van der Waals surface area contributed by atoms with E-state index in [0.29, 0.717) is 0 Å². The van der Waals surface area contributed by atoms with Gasteiger partial charge in [-0.05, 0) is 12.0 Å². The summed E-state index contributed by atoms with van der Waals surface area (Å²) in [7, 11) is 0. The van der Waals surface area contributed by atoms with Gasteiger partial charge in [0.25, 0.3) is 0 Å². The van der Waals surface area contributed by atoms with E-state index in [9.17, 15) is 5.11 Å². The van der Waals surface area contributed by atoms with E-state index in [-0.39, 0.29) is 6.10 Å². The summed E-state index contributed by atoms with van der Waals surface area (Å²) in [6, 6.07) is 9.94. The monoisotopic (exact) mass is 206 g/mol.